The number of hydrogen-bond donors (Lipinski definition) is 1. The van der Waals surface area contributed by atoms with Crippen LogP contribution in [-0.4, -0.2) is 49.7 Å². The average Bonchev–Trinajstić information content (AvgIpc) is 2.68. The zero-order valence-electron chi connectivity index (χ0n) is 19.6. The largest absolute Gasteiger partial charge is 0.462 e. The van der Waals surface area contributed by atoms with Crippen LogP contribution in [0.15, 0.2) is 10.2 Å². The SMILES string of the molecule is CCC(O)CC(OC)C(C)CCC(OC(=O)C(C)C)C(C)C(OC)C(C)/C=C/I. The van der Waals surface area contributed by atoms with E-state index in [0.29, 0.717) is 6.42 Å². The fraction of sp³-hybridized carbons (Fsp3) is 0.870. The first-order valence-electron chi connectivity index (χ1n) is 10.8. The highest BCUT2D eigenvalue weighted by atomic mass is 127. The van der Waals surface area contributed by atoms with Crippen molar-refractivity contribution in [3.8, 4) is 0 Å². The molecule has 172 valence electrons. The molecule has 0 aromatic heterocycles. The standard InChI is InChI=1S/C23H43IO5/c1-9-19(25)14-21(27-7)16(4)10-11-20(29-23(26)15(2)3)18(6)22(28-8)17(5)12-13-24/h12-13,15-22,25H,9-11,14H2,1-8H3/b13-12+. The van der Waals surface area contributed by atoms with Gasteiger partial charge in [-0.25, -0.2) is 0 Å². The summed E-state index contributed by atoms with van der Waals surface area (Å²) in [6.45, 7) is 12.0. The van der Waals surface area contributed by atoms with Gasteiger partial charge in [-0.3, -0.25) is 4.79 Å². The maximum atomic E-state index is 12.3. The molecule has 0 amide bonds. The van der Waals surface area contributed by atoms with Gasteiger partial charge in [0, 0.05) is 26.1 Å². The van der Waals surface area contributed by atoms with Crippen LogP contribution in [0, 0.1) is 23.7 Å². The second-order valence-corrected chi connectivity index (χ2v) is 9.21. The predicted molar refractivity (Wildman–Crippen MR) is 127 cm³/mol. The first-order chi connectivity index (χ1) is 13.6. The normalized spacial score (nSPS) is 19.6. The third-order valence-corrected chi connectivity index (χ3v) is 6.25. The van der Waals surface area contributed by atoms with E-state index in [1.165, 1.54) is 0 Å². The maximum absolute atomic E-state index is 12.3. The molecular weight excluding hydrogens is 483 g/mol. The van der Waals surface area contributed by atoms with Crippen LogP contribution >= 0.6 is 22.6 Å². The highest BCUT2D eigenvalue weighted by Crippen LogP contribution is 2.29. The molecule has 0 radical (unpaired) electrons. The third kappa shape index (κ3) is 10.6. The molecule has 0 saturated carbocycles. The Labute approximate surface area is 192 Å². The summed E-state index contributed by atoms with van der Waals surface area (Å²) in [7, 11) is 3.41. The van der Waals surface area contributed by atoms with Crippen molar-refractivity contribution >= 4 is 28.6 Å². The number of esters is 1. The number of aliphatic hydroxyl groups is 1. The molecule has 6 heteroatoms. The molecule has 0 saturated heterocycles. The van der Waals surface area contributed by atoms with E-state index >= 15 is 0 Å². The second-order valence-electron chi connectivity index (χ2n) is 8.49. The van der Waals surface area contributed by atoms with Gasteiger partial charge in [0.15, 0.2) is 0 Å². The summed E-state index contributed by atoms with van der Waals surface area (Å²) in [5, 5.41) is 10.00. The Kier molecular flexibility index (Phi) is 15.5. The van der Waals surface area contributed by atoms with Crippen LogP contribution in [0.1, 0.15) is 67.2 Å². The zero-order chi connectivity index (χ0) is 22.6. The quantitative estimate of drug-likeness (QED) is 0.229. The van der Waals surface area contributed by atoms with Crippen molar-refractivity contribution in [1.82, 2.24) is 0 Å². The summed E-state index contributed by atoms with van der Waals surface area (Å²) >= 11 is 2.22. The van der Waals surface area contributed by atoms with Crippen molar-refractivity contribution in [1.29, 1.82) is 0 Å². The van der Waals surface area contributed by atoms with E-state index in [0.717, 1.165) is 19.3 Å². The maximum Gasteiger partial charge on any atom is 0.308 e. The molecule has 7 atom stereocenters. The van der Waals surface area contributed by atoms with Gasteiger partial charge in [-0.15, -0.1) is 0 Å². The van der Waals surface area contributed by atoms with Crippen molar-refractivity contribution in [2.24, 2.45) is 23.7 Å². The summed E-state index contributed by atoms with van der Waals surface area (Å²) in [4.78, 5) is 12.3. The van der Waals surface area contributed by atoms with E-state index in [1.807, 2.05) is 24.9 Å². The van der Waals surface area contributed by atoms with Crippen LogP contribution in [0.25, 0.3) is 0 Å². The van der Waals surface area contributed by atoms with Crippen molar-refractivity contribution in [3.63, 3.8) is 0 Å². The lowest BCUT2D eigenvalue weighted by molar-refractivity contribution is -0.159. The topological polar surface area (TPSA) is 65.0 Å². The van der Waals surface area contributed by atoms with E-state index in [-0.39, 0.29) is 54.1 Å². The Bertz CT molecular complexity index is 468. The molecule has 0 fully saturated rings. The van der Waals surface area contributed by atoms with Gasteiger partial charge in [0.1, 0.15) is 6.10 Å². The van der Waals surface area contributed by atoms with Gasteiger partial charge >= 0.3 is 5.97 Å². The first-order valence-corrected chi connectivity index (χ1v) is 12.1. The fourth-order valence-corrected chi connectivity index (χ4v) is 4.32. The highest BCUT2D eigenvalue weighted by molar-refractivity contribution is 14.1. The number of rotatable bonds is 15. The second kappa shape index (κ2) is 15.6. The Hall–Kier alpha value is -0.180. The monoisotopic (exact) mass is 526 g/mol. The van der Waals surface area contributed by atoms with Gasteiger partial charge in [-0.1, -0.05) is 70.2 Å². The van der Waals surface area contributed by atoms with E-state index in [1.54, 1.807) is 14.2 Å². The molecule has 0 heterocycles. The first kappa shape index (κ1) is 28.8. The third-order valence-electron chi connectivity index (χ3n) is 5.83. The number of ether oxygens (including phenoxy) is 3. The molecular formula is C23H43IO5. The van der Waals surface area contributed by atoms with Gasteiger partial charge in [-0.2, -0.15) is 0 Å². The predicted octanol–water partition coefficient (Wildman–Crippen LogP) is 5.38. The van der Waals surface area contributed by atoms with Crippen LogP contribution in [0.5, 0.6) is 0 Å². The number of carbonyl (C=O) groups excluding carboxylic acids is 1. The van der Waals surface area contributed by atoms with Crippen LogP contribution in [0.2, 0.25) is 0 Å². The Morgan fingerprint density at radius 1 is 1.03 bits per heavy atom. The lowest BCUT2D eigenvalue weighted by Crippen LogP contribution is -2.39. The number of halogens is 1. The number of carbonyl (C=O) groups is 1. The van der Waals surface area contributed by atoms with E-state index in [9.17, 15) is 9.90 Å². The summed E-state index contributed by atoms with van der Waals surface area (Å²) < 4.78 is 19.3. The molecule has 7 unspecified atom stereocenters. The summed E-state index contributed by atoms with van der Waals surface area (Å²) in [6.07, 6.45) is 4.41. The van der Waals surface area contributed by atoms with E-state index < -0.39 is 0 Å². The van der Waals surface area contributed by atoms with Crippen molar-refractivity contribution < 1.29 is 24.1 Å². The molecule has 5 nitrogen and oxygen atoms in total. The minimum atomic E-state index is -0.352. The lowest BCUT2D eigenvalue weighted by Gasteiger charge is -2.34. The van der Waals surface area contributed by atoms with Crippen LogP contribution in [0.4, 0.5) is 0 Å². The number of aliphatic hydroxyl groups excluding tert-OH is 1. The molecule has 0 aliphatic rings. The minimum absolute atomic E-state index is 0.0131. The molecule has 0 aromatic carbocycles. The van der Waals surface area contributed by atoms with Crippen molar-refractivity contribution in [3.05, 3.63) is 10.2 Å². The lowest BCUT2D eigenvalue weighted by atomic mass is 9.84. The number of methoxy groups -OCH3 is 2. The smallest absolute Gasteiger partial charge is 0.308 e. The Morgan fingerprint density at radius 3 is 2.10 bits per heavy atom. The van der Waals surface area contributed by atoms with Gasteiger partial charge in [0.25, 0.3) is 0 Å². The molecule has 0 rings (SSSR count). The minimum Gasteiger partial charge on any atom is -0.462 e. The fourth-order valence-electron chi connectivity index (χ4n) is 3.67. The molecule has 0 spiro atoms. The van der Waals surface area contributed by atoms with Gasteiger partial charge < -0.3 is 19.3 Å². The van der Waals surface area contributed by atoms with Crippen LogP contribution in [-0.2, 0) is 19.0 Å². The summed E-state index contributed by atoms with van der Waals surface area (Å²) in [5.41, 5.74) is 0. The van der Waals surface area contributed by atoms with Crippen molar-refractivity contribution in [2.75, 3.05) is 14.2 Å². The van der Waals surface area contributed by atoms with Gasteiger partial charge in [-0.05, 0) is 35.7 Å². The van der Waals surface area contributed by atoms with Gasteiger partial charge in [0.05, 0.1) is 24.2 Å². The van der Waals surface area contributed by atoms with Crippen molar-refractivity contribution in [2.45, 2.75) is 91.6 Å². The average molecular weight is 526 g/mol. The Balaban J connectivity index is 5.27. The summed E-state index contributed by atoms with van der Waals surface area (Å²) in [5.74, 6) is 0.185. The van der Waals surface area contributed by atoms with Crippen LogP contribution < -0.4 is 0 Å². The Morgan fingerprint density at radius 2 is 1.66 bits per heavy atom. The van der Waals surface area contributed by atoms with E-state index in [2.05, 4.69) is 49.4 Å². The number of hydrogen-bond acceptors (Lipinski definition) is 5. The summed E-state index contributed by atoms with van der Waals surface area (Å²) in [6, 6.07) is 0. The van der Waals surface area contributed by atoms with Gasteiger partial charge in [0.2, 0.25) is 0 Å². The molecule has 0 bridgehead atoms. The molecule has 0 aliphatic carbocycles. The zero-order valence-corrected chi connectivity index (χ0v) is 21.7. The van der Waals surface area contributed by atoms with Crippen LogP contribution in [0.3, 0.4) is 0 Å². The molecule has 29 heavy (non-hydrogen) atoms. The molecule has 0 aliphatic heterocycles. The highest BCUT2D eigenvalue weighted by Gasteiger charge is 2.33. The molecule has 1 N–H and O–H groups in total. The van der Waals surface area contributed by atoms with E-state index in [4.69, 9.17) is 14.2 Å². The molecule has 0 aromatic rings.